The van der Waals surface area contributed by atoms with Crippen LogP contribution in [-0.2, 0) is 129 Å². The first-order valence-corrected chi connectivity index (χ1v) is 42.8. The van der Waals surface area contributed by atoms with Gasteiger partial charge in [-0.3, -0.25) is 0 Å². The van der Waals surface area contributed by atoms with Gasteiger partial charge in [0.05, 0.1) is 0 Å². The molecule has 0 N–H and O–H groups in total. The summed E-state index contributed by atoms with van der Waals surface area (Å²) in [5.74, 6) is 0. The van der Waals surface area contributed by atoms with Crippen LogP contribution in [0.5, 0.6) is 0 Å². The molecule has 0 spiro atoms. The third kappa shape index (κ3) is 14.3. The van der Waals surface area contributed by atoms with E-state index in [4.69, 9.17) is 0 Å². The second kappa shape index (κ2) is 29.0. The summed E-state index contributed by atoms with van der Waals surface area (Å²) in [6.45, 7) is 10.1. The zero-order valence-electron chi connectivity index (χ0n) is 51.4. The van der Waals surface area contributed by atoms with Crippen molar-refractivity contribution in [3.63, 3.8) is 0 Å². The van der Waals surface area contributed by atoms with Gasteiger partial charge in [-0.25, -0.2) is 48.5 Å². The van der Waals surface area contributed by atoms with Crippen molar-refractivity contribution in [2.45, 2.75) is 232 Å². The number of hydrogen-bond donors (Lipinski definition) is 0. The van der Waals surface area contributed by atoms with Crippen molar-refractivity contribution in [1.29, 1.82) is 0 Å². The SMILES string of the molecule is C[SiH](c1cc2c([cH-]1)CCCC2)c1cc2c([cH-]1)CCCC2.C[SiH](c1cc2c([cH-]1)CCCC2)c1cc2c([cH-]1)CCCC2.C[SiH](c1cc2c([cH-]1)CCCC2)c1cc2c([cH-]1)CCCC2.C[SiH](c1cc2c([cH-]1)CCCC2)c1cc2c([cH-]1)CCCC2.[Cl-].[Cl-].[Zr+2]. The van der Waals surface area contributed by atoms with E-state index >= 15 is 0 Å². The van der Waals surface area contributed by atoms with E-state index in [0.717, 1.165) is 0 Å². The first kappa shape index (κ1) is 63.2. The maximum Gasteiger partial charge on any atom is 2.00 e. The van der Waals surface area contributed by atoms with Gasteiger partial charge in [-0.15, -0.1) is 0 Å². The fourth-order valence-electron chi connectivity index (χ4n) is 16.6. The van der Waals surface area contributed by atoms with Gasteiger partial charge in [-0.05, 0) is 0 Å². The third-order valence-corrected chi connectivity index (χ3v) is 32.6. The Labute approximate surface area is 540 Å². The molecule has 0 nitrogen and oxygen atoms in total. The fourth-order valence-corrected chi connectivity index (χ4v) is 25.3. The maximum atomic E-state index is 2.55. The zero-order chi connectivity index (χ0) is 54.1. The van der Waals surface area contributed by atoms with Crippen molar-refractivity contribution in [1.82, 2.24) is 0 Å². The Morgan fingerprint density at radius 3 is 0.422 bits per heavy atom. The van der Waals surface area contributed by atoms with E-state index in [1.54, 1.807) is 131 Å². The van der Waals surface area contributed by atoms with Crippen molar-refractivity contribution in [2.75, 3.05) is 0 Å². The van der Waals surface area contributed by atoms with Crippen molar-refractivity contribution in [2.24, 2.45) is 0 Å². The molecule has 0 atom stereocenters. The molecule has 0 bridgehead atoms. The Bertz CT molecular complexity index is 2510. The average molecular weight is 1280 g/mol. The van der Waals surface area contributed by atoms with Crippen LogP contribution in [0.3, 0.4) is 0 Å². The van der Waals surface area contributed by atoms with Crippen molar-refractivity contribution in [3.8, 4) is 0 Å². The molecule has 8 aliphatic rings. The second-order valence-electron chi connectivity index (χ2n) is 27.3. The molecule has 0 saturated heterocycles. The van der Waals surface area contributed by atoms with E-state index < -0.39 is 35.2 Å². The molecule has 0 amide bonds. The van der Waals surface area contributed by atoms with Gasteiger partial charge in [-0.1, -0.05) is 232 Å². The molecule has 442 valence electrons. The fraction of sp³-hybridized carbons (Fsp3) is 0.474. The molecule has 0 unspecified atom stereocenters. The van der Waals surface area contributed by atoms with E-state index in [1.807, 2.05) is 0 Å². The summed E-state index contributed by atoms with van der Waals surface area (Å²) >= 11 is 0. The van der Waals surface area contributed by atoms with E-state index in [1.165, 1.54) is 205 Å². The largest absolute Gasteiger partial charge is 2.00 e. The molecule has 0 fully saturated rings. The second-order valence-corrected chi connectivity index (χ2v) is 38.4. The molecule has 0 saturated carbocycles. The molecule has 0 radical (unpaired) electrons. The van der Waals surface area contributed by atoms with E-state index in [-0.39, 0.29) is 51.0 Å². The Kier molecular flexibility index (Phi) is 22.0. The molecular weight excluding hydrogens is 1190 g/mol. The van der Waals surface area contributed by atoms with Crippen LogP contribution in [0.15, 0.2) is 97.1 Å². The summed E-state index contributed by atoms with van der Waals surface area (Å²) in [5.41, 5.74) is 26.7. The summed E-state index contributed by atoms with van der Waals surface area (Å²) in [7, 11) is -3.73. The monoisotopic (exact) mass is 1280 g/mol. The first-order valence-electron chi connectivity index (χ1n) is 33.5. The first-order chi connectivity index (χ1) is 39.2. The quantitative estimate of drug-likeness (QED) is 0.141. The number of rotatable bonds is 8. The van der Waals surface area contributed by atoms with E-state index in [2.05, 4.69) is 123 Å². The molecular formula is C76H96Cl2Si4Zr-8. The van der Waals surface area contributed by atoms with Crippen LogP contribution in [0.2, 0.25) is 26.2 Å². The summed E-state index contributed by atoms with van der Waals surface area (Å²) in [5, 5.41) is 13.5. The maximum absolute atomic E-state index is 2.55. The number of aryl methyl sites for hydroxylation is 16. The van der Waals surface area contributed by atoms with E-state index in [0.29, 0.717) is 0 Å². The Hall–Kier alpha value is -2.87. The summed E-state index contributed by atoms with van der Waals surface area (Å²) in [6.07, 6.45) is 43.6. The minimum Gasteiger partial charge on any atom is -1.00 e. The van der Waals surface area contributed by atoms with Gasteiger partial charge in [0.25, 0.3) is 0 Å². The van der Waals surface area contributed by atoms with Crippen molar-refractivity contribution < 1.29 is 51.0 Å². The normalized spacial score (nSPS) is 17.4. The van der Waals surface area contributed by atoms with Gasteiger partial charge in [-0.2, -0.15) is 179 Å². The third-order valence-electron chi connectivity index (χ3n) is 21.9. The minimum absolute atomic E-state index is 0. The Morgan fingerprint density at radius 1 is 0.205 bits per heavy atom. The van der Waals surface area contributed by atoms with Crippen molar-refractivity contribution >= 4 is 76.7 Å². The summed E-state index contributed by atoms with van der Waals surface area (Å²) < 4.78 is 0. The van der Waals surface area contributed by atoms with E-state index in [9.17, 15) is 0 Å². The number of fused-ring (bicyclic) bond motifs is 8. The van der Waals surface area contributed by atoms with Gasteiger partial charge < -0.3 is 24.8 Å². The minimum atomic E-state index is -0.933. The van der Waals surface area contributed by atoms with Crippen LogP contribution >= 0.6 is 0 Å². The number of hydrogen-bond acceptors (Lipinski definition) is 0. The standard InChI is InChI=1S/4C19H24Si.2ClH.Zr/c4*1-20(18-10-14-6-2-3-7-15(14)11-18)19-12-16-8-4-5-9-17(16)13-19;;;/h4*10-13,20H,2-9H2,1H3;2*1H;/q4*-2;;;+2/p-2. The molecule has 0 heterocycles. The Balaban J connectivity index is 0.000000122. The van der Waals surface area contributed by atoms with Crippen LogP contribution in [0.4, 0.5) is 0 Å². The Morgan fingerprint density at radius 2 is 0.313 bits per heavy atom. The molecule has 83 heavy (non-hydrogen) atoms. The molecule has 7 heteroatoms. The molecule has 16 rings (SSSR count). The van der Waals surface area contributed by atoms with Crippen LogP contribution in [0.25, 0.3) is 0 Å². The van der Waals surface area contributed by atoms with Gasteiger partial charge in [0.2, 0.25) is 0 Å². The summed E-state index contributed by atoms with van der Waals surface area (Å²) in [4.78, 5) is 0. The van der Waals surface area contributed by atoms with Gasteiger partial charge in [0.1, 0.15) is 0 Å². The van der Waals surface area contributed by atoms with Crippen molar-refractivity contribution in [3.05, 3.63) is 186 Å². The zero-order valence-corrected chi connectivity index (χ0v) is 60.0. The predicted molar refractivity (Wildman–Crippen MR) is 359 cm³/mol. The number of halogens is 2. The molecule has 0 aliphatic heterocycles. The van der Waals surface area contributed by atoms with Crippen LogP contribution < -0.4 is 66.3 Å². The molecule has 8 aromatic carbocycles. The topological polar surface area (TPSA) is 0 Å². The predicted octanol–water partition coefficient (Wildman–Crippen LogP) is 5.42. The van der Waals surface area contributed by atoms with Crippen LogP contribution in [0.1, 0.15) is 192 Å². The molecule has 8 aliphatic carbocycles. The molecule has 8 aromatic rings. The average Bonchev–Trinajstić information content (AvgIpc) is 4.52. The molecule has 0 aromatic heterocycles. The summed E-state index contributed by atoms with van der Waals surface area (Å²) in [6, 6.07) is 40.8. The van der Waals surface area contributed by atoms with Gasteiger partial charge in [0, 0.05) is 35.2 Å². The van der Waals surface area contributed by atoms with Gasteiger partial charge in [0.15, 0.2) is 0 Å². The van der Waals surface area contributed by atoms with Crippen LogP contribution in [-0.4, -0.2) is 35.2 Å². The van der Waals surface area contributed by atoms with Crippen LogP contribution in [0, 0.1) is 0 Å². The van der Waals surface area contributed by atoms with Gasteiger partial charge >= 0.3 is 26.2 Å². The smallest absolute Gasteiger partial charge is 1.00 e.